The Labute approximate surface area is 123 Å². The van der Waals surface area contributed by atoms with Crippen molar-refractivity contribution in [2.75, 3.05) is 0 Å². The minimum Gasteiger partial charge on any atom is -0.297 e. The number of rotatable bonds is 3. The zero-order chi connectivity index (χ0) is 13.9. The molecule has 1 N–H and O–H groups in total. The highest BCUT2D eigenvalue weighted by Gasteiger charge is 2.04. The van der Waals surface area contributed by atoms with Gasteiger partial charge in [-0.15, -0.1) is 0 Å². The van der Waals surface area contributed by atoms with Gasteiger partial charge >= 0.3 is 0 Å². The van der Waals surface area contributed by atoms with Crippen LogP contribution in [0, 0.1) is 11.6 Å². The van der Waals surface area contributed by atoms with Gasteiger partial charge in [-0.1, -0.05) is 66.8 Å². The molecule has 0 aliphatic rings. The Morgan fingerprint density at radius 3 is 2.45 bits per heavy atom. The number of nitrogens with zero attached hydrogens (tertiary/aromatic N) is 1. The highest BCUT2D eigenvalue weighted by atomic mass is 32.1. The zero-order valence-electron chi connectivity index (χ0n) is 11.3. The second-order valence-corrected chi connectivity index (χ2v) is 5.30. The third kappa shape index (κ3) is 2.58. The average molecular weight is 280 g/mol. The first-order valence-corrected chi connectivity index (χ1v) is 7.04. The van der Waals surface area contributed by atoms with Crippen LogP contribution in [0.4, 0.5) is 0 Å². The van der Waals surface area contributed by atoms with E-state index in [-0.39, 0.29) is 0 Å². The molecule has 0 amide bonds. The van der Waals surface area contributed by atoms with E-state index in [1.165, 1.54) is 11.1 Å². The zero-order valence-corrected chi connectivity index (χ0v) is 12.2. The molecule has 0 spiro atoms. The smallest absolute Gasteiger partial charge is 0.122 e. The molecule has 0 atom stereocenters. The van der Waals surface area contributed by atoms with E-state index in [0.717, 1.165) is 22.4 Å². The summed E-state index contributed by atoms with van der Waals surface area (Å²) < 4.78 is 2.84. The summed E-state index contributed by atoms with van der Waals surface area (Å²) in [6.45, 7) is 2.90. The summed E-state index contributed by atoms with van der Waals surface area (Å²) in [5.41, 5.74) is 4.78. The van der Waals surface area contributed by atoms with Gasteiger partial charge in [0.05, 0.1) is 12.2 Å². The fraction of sp³-hybridized carbons (Fsp3) is 0.118. The predicted octanol–water partition coefficient (Wildman–Crippen LogP) is 4.57. The number of hydrogen-bond donors (Lipinski definition) is 1. The van der Waals surface area contributed by atoms with Gasteiger partial charge in [-0.2, -0.15) is 0 Å². The largest absolute Gasteiger partial charge is 0.297 e. The summed E-state index contributed by atoms with van der Waals surface area (Å²) in [6.07, 6.45) is 0. The molecule has 0 fully saturated rings. The Bertz CT molecular complexity index is 769. The number of nitrogens with one attached hydrogen (secondary N) is 1. The van der Waals surface area contributed by atoms with E-state index in [0.29, 0.717) is 0 Å². The summed E-state index contributed by atoms with van der Waals surface area (Å²) in [5, 5.41) is 3.39. The van der Waals surface area contributed by atoms with Crippen LogP contribution < -0.4 is 0 Å². The van der Waals surface area contributed by atoms with Crippen molar-refractivity contribution in [3.63, 3.8) is 0 Å². The van der Waals surface area contributed by atoms with Crippen molar-refractivity contribution in [1.82, 2.24) is 9.78 Å². The van der Waals surface area contributed by atoms with Crippen molar-refractivity contribution in [2.45, 2.75) is 13.5 Å². The average Bonchev–Trinajstić information content (AvgIpc) is 2.84. The van der Waals surface area contributed by atoms with E-state index < -0.39 is 0 Å². The highest BCUT2D eigenvalue weighted by molar-refractivity contribution is 7.71. The number of aromatic amines is 1. The maximum Gasteiger partial charge on any atom is 0.122 e. The fourth-order valence-electron chi connectivity index (χ4n) is 2.28. The SMILES string of the molecule is Cc1ccccc1Cn1[nH]c(-c2ccccc2)cc1=S. The first-order chi connectivity index (χ1) is 9.74. The van der Waals surface area contributed by atoms with E-state index in [1.807, 2.05) is 28.9 Å². The third-order valence-electron chi connectivity index (χ3n) is 3.46. The molecule has 0 unspecified atom stereocenters. The Morgan fingerprint density at radius 2 is 1.70 bits per heavy atom. The van der Waals surface area contributed by atoms with Gasteiger partial charge in [0.2, 0.25) is 0 Å². The van der Waals surface area contributed by atoms with E-state index in [4.69, 9.17) is 12.2 Å². The molecule has 0 radical (unpaired) electrons. The van der Waals surface area contributed by atoms with Crippen LogP contribution in [0.5, 0.6) is 0 Å². The van der Waals surface area contributed by atoms with E-state index in [2.05, 4.69) is 48.4 Å². The molecule has 20 heavy (non-hydrogen) atoms. The minimum atomic E-state index is 0.776. The molecule has 100 valence electrons. The summed E-state index contributed by atoms with van der Waals surface area (Å²) in [4.78, 5) is 0. The van der Waals surface area contributed by atoms with Crippen molar-refractivity contribution in [1.29, 1.82) is 0 Å². The van der Waals surface area contributed by atoms with E-state index in [9.17, 15) is 0 Å². The molecule has 1 aromatic heterocycles. The normalized spacial score (nSPS) is 10.7. The predicted molar refractivity (Wildman–Crippen MR) is 85.3 cm³/mol. The summed E-state index contributed by atoms with van der Waals surface area (Å²) >= 11 is 5.45. The number of aryl methyl sites for hydroxylation is 1. The molecule has 0 aliphatic heterocycles. The lowest BCUT2D eigenvalue weighted by molar-refractivity contribution is 0.677. The number of hydrogen-bond acceptors (Lipinski definition) is 1. The topological polar surface area (TPSA) is 20.7 Å². The van der Waals surface area contributed by atoms with E-state index in [1.54, 1.807) is 0 Å². The molecular weight excluding hydrogens is 264 g/mol. The molecule has 3 rings (SSSR count). The van der Waals surface area contributed by atoms with Gasteiger partial charge in [-0.3, -0.25) is 9.78 Å². The first-order valence-electron chi connectivity index (χ1n) is 6.64. The van der Waals surface area contributed by atoms with Crippen LogP contribution in [-0.2, 0) is 6.54 Å². The summed E-state index contributed by atoms with van der Waals surface area (Å²) in [6, 6.07) is 20.6. The minimum absolute atomic E-state index is 0.776. The second kappa shape index (κ2) is 5.47. The van der Waals surface area contributed by atoms with Crippen molar-refractivity contribution >= 4 is 12.2 Å². The van der Waals surface area contributed by atoms with Crippen molar-refractivity contribution in [3.05, 3.63) is 76.4 Å². The molecule has 3 aromatic rings. The monoisotopic (exact) mass is 280 g/mol. The van der Waals surface area contributed by atoms with Gasteiger partial charge in [0.1, 0.15) is 4.64 Å². The quantitative estimate of drug-likeness (QED) is 0.697. The van der Waals surface area contributed by atoms with Crippen molar-refractivity contribution in [2.24, 2.45) is 0 Å². The van der Waals surface area contributed by atoms with Crippen LogP contribution in [0.25, 0.3) is 11.3 Å². The van der Waals surface area contributed by atoms with Gasteiger partial charge in [-0.25, -0.2) is 0 Å². The molecular formula is C17H16N2S. The molecule has 0 saturated carbocycles. The lowest BCUT2D eigenvalue weighted by Crippen LogP contribution is -2.03. The molecule has 0 saturated heterocycles. The Hall–Kier alpha value is -2.13. The van der Waals surface area contributed by atoms with Crippen LogP contribution in [0.15, 0.2) is 60.7 Å². The maximum atomic E-state index is 5.45. The van der Waals surface area contributed by atoms with Crippen LogP contribution in [0.3, 0.4) is 0 Å². The molecule has 2 nitrogen and oxygen atoms in total. The summed E-state index contributed by atoms with van der Waals surface area (Å²) in [7, 11) is 0. The molecule has 0 aliphatic carbocycles. The second-order valence-electron chi connectivity index (χ2n) is 4.89. The Kier molecular flexibility index (Phi) is 3.52. The summed E-state index contributed by atoms with van der Waals surface area (Å²) in [5.74, 6) is 0. The van der Waals surface area contributed by atoms with E-state index >= 15 is 0 Å². The number of H-pyrrole nitrogens is 1. The van der Waals surface area contributed by atoms with Gasteiger partial charge < -0.3 is 0 Å². The van der Waals surface area contributed by atoms with Gasteiger partial charge in [-0.05, 0) is 29.7 Å². The van der Waals surface area contributed by atoms with Crippen molar-refractivity contribution < 1.29 is 0 Å². The lowest BCUT2D eigenvalue weighted by Gasteiger charge is -2.07. The molecule has 3 heteroatoms. The molecule has 1 heterocycles. The van der Waals surface area contributed by atoms with Crippen LogP contribution >= 0.6 is 12.2 Å². The Morgan fingerprint density at radius 1 is 1.00 bits per heavy atom. The number of benzene rings is 2. The van der Waals surface area contributed by atoms with Crippen LogP contribution in [0.2, 0.25) is 0 Å². The Balaban J connectivity index is 1.95. The van der Waals surface area contributed by atoms with Gasteiger partial charge in [0.25, 0.3) is 0 Å². The van der Waals surface area contributed by atoms with Crippen LogP contribution in [0.1, 0.15) is 11.1 Å². The third-order valence-corrected chi connectivity index (χ3v) is 3.80. The lowest BCUT2D eigenvalue weighted by atomic mass is 10.1. The van der Waals surface area contributed by atoms with Gasteiger partial charge in [0.15, 0.2) is 0 Å². The first kappa shape index (κ1) is 12.9. The van der Waals surface area contributed by atoms with Crippen molar-refractivity contribution in [3.8, 4) is 11.3 Å². The van der Waals surface area contributed by atoms with Crippen LogP contribution in [-0.4, -0.2) is 9.78 Å². The molecule has 0 bridgehead atoms. The number of aromatic nitrogens is 2. The fourth-order valence-corrected chi connectivity index (χ4v) is 2.50. The highest BCUT2D eigenvalue weighted by Crippen LogP contribution is 2.18. The molecule has 2 aromatic carbocycles. The van der Waals surface area contributed by atoms with Gasteiger partial charge in [0, 0.05) is 0 Å². The maximum absolute atomic E-state index is 5.45. The standard InChI is InChI=1S/C17H16N2S/c1-13-7-5-6-10-15(13)12-19-17(20)11-16(18-19)14-8-3-2-4-9-14/h2-11,18H,12H2,1H3.